The maximum absolute atomic E-state index is 12.2. The molecule has 3 rings (SSSR count). The summed E-state index contributed by atoms with van der Waals surface area (Å²) in [5.41, 5.74) is 0.740. The van der Waals surface area contributed by atoms with Crippen LogP contribution in [0.1, 0.15) is 36.0 Å². The Morgan fingerprint density at radius 1 is 1.28 bits per heavy atom. The fourth-order valence-electron chi connectivity index (χ4n) is 2.35. The molecule has 2 fully saturated rings. The summed E-state index contributed by atoms with van der Waals surface area (Å²) in [5, 5.41) is 0.640. The first-order chi connectivity index (χ1) is 8.72. The van der Waals surface area contributed by atoms with Crippen LogP contribution in [0.5, 0.6) is 0 Å². The first-order valence-electron chi connectivity index (χ1n) is 6.75. The van der Waals surface area contributed by atoms with Gasteiger partial charge < -0.3 is 0 Å². The van der Waals surface area contributed by atoms with E-state index in [-0.39, 0.29) is 5.78 Å². The maximum Gasteiger partial charge on any atom is 0.176 e. The van der Waals surface area contributed by atoms with E-state index >= 15 is 0 Å². The zero-order valence-electron chi connectivity index (χ0n) is 10.4. The van der Waals surface area contributed by atoms with Gasteiger partial charge in [0.1, 0.15) is 0 Å². The minimum Gasteiger partial charge on any atom is -0.293 e. The lowest BCUT2D eigenvalue weighted by Crippen LogP contribution is -2.33. The molecule has 0 radical (unpaired) electrons. The van der Waals surface area contributed by atoms with E-state index in [2.05, 4.69) is 4.90 Å². The molecule has 0 N–H and O–H groups in total. The van der Waals surface area contributed by atoms with E-state index in [4.69, 9.17) is 11.6 Å². The van der Waals surface area contributed by atoms with Crippen LogP contribution in [0.4, 0.5) is 0 Å². The Morgan fingerprint density at radius 3 is 2.67 bits per heavy atom. The van der Waals surface area contributed by atoms with E-state index in [0.717, 1.165) is 18.0 Å². The molecule has 1 aromatic carbocycles. The smallest absolute Gasteiger partial charge is 0.176 e. The van der Waals surface area contributed by atoms with Crippen molar-refractivity contribution >= 4 is 17.4 Å². The Hall–Kier alpha value is -0.860. The van der Waals surface area contributed by atoms with E-state index in [1.54, 1.807) is 12.1 Å². The number of nitrogens with zero attached hydrogens (tertiary/aromatic N) is 1. The van der Waals surface area contributed by atoms with E-state index in [9.17, 15) is 4.79 Å². The van der Waals surface area contributed by atoms with Crippen molar-refractivity contribution in [3.63, 3.8) is 0 Å². The molecule has 0 aliphatic heterocycles. The molecule has 0 amide bonds. The van der Waals surface area contributed by atoms with Crippen molar-refractivity contribution in [2.45, 2.75) is 31.7 Å². The van der Waals surface area contributed by atoms with Crippen LogP contribution in [0, 0.1) is 5.92 Å². The predicted molar refractivity (Wildman–Crippen MR) is 73.1 cm³/mol. The minimum atomic E-state index is 0.199. The number of Topliss-reactive ketones (excluding diaryl/α,β-unsaturated/α-hetero) is 1. The van der Waals surface area contributed by atoms with E-state index in [1.807, 2.05) is 12.1 Å². The van der Waals surface area contributed by atoms with Crippen molar-refractivity contribution in [2.24, 2.45) is 5.92 Å². The second-order valence-electron chi connectivity index (χ2n) is 5.54. The van der Waals surface area contributed by atoms with E-state index in [0.29, 0.717) is 17.6 Å². The first-order valence-corrected chi connectivity index (χ1v) is 7.13. The highest BCUT2D eigenvalue weighted by Gasteiger charge is 2.34. The normalized spacial score (nSPS) is 19.2. The lowest BCUT2D eigenvalue weighted by Gasteiger charge is -2.20. The molecule has 0 unspecified atom stereocenters. The summed E-state index contributed by atoms with van der Waals surface area (Å²) in [7, 11) is 0. The van der Waals surface area contributed by atoms with Gasteiger partial charge in [0.05, 0.1) is 6.54 Å². The Labute approximate surface area is 113 Å². The van der Waals surface area contributed by atoms with Gasteiger partial charge in [0.25, 0.3) is 0 Å². The second kappa shape index (κ2) is 5.02. The highest BCUT2D eigenvalue weighted by molar-refractivity contribution is 6.31. The van der Waals surface area contributed by atoms with Gasteiger partial charge in [0.2, 0.25) is 0 Å². The molecule has 2 aliphatic rings. The summed E-state index contributed by atoms with van der Waals surface area (Å²) in [6, 6.07) is 7.94. The van der Waals surface area contributed by atoms with Gasteiger partial charge in [-0.15, -0.1) is 0 Å². The fraction of sp³-hybridized carbons (Fsp3) is 0.533. The van der Waals surface area contributed by atoms with Gasteiger partial charge in [-0.2, -0.15) is 0 Å². The third kappa shape index (κ3) is 3.12. The zero-order chi connectivity index (χ0) is 12.5. The van der Waals surface area contributed by atoms with Gasteiger partial charge in [-0.1, -0.05) is 23.7 Å². The quantitative estimate of drug-likeness (QED) is 0.733. The van der Waals surface area contributed by atoms with Crippen LogP contribution < -0.4 is 0 Å². The summed E-state index contributed by atoms with van der Waals surface area (Å²) in [6.07, 6.45) is 5.20. The van der Waals surface area contributed by atoms with Crippen LogP contribution in [0.2, 0.25) is 5.02 Å². The van der Waals surface area contributed by atoms with Crippen LogP contribution in [-0.4, -0.2) is 29.8 Å². The van der Waals surface area contributed by atoms with Crippen LogP contribution in [0.3, 0.4) is 0 Å². The summed E-state index contributed by atoms with van der Waals surface area (Å²) >= 11 is 5.93. The molecule has 0 atom stereocenters. The van der Waals surface area contributed by atoms with Crippen LogP contribution >= 0.6 is 11.6 Å². The van der Waals surface area contributed by atoms with Gasteiger partial charge >= 0.3 is 0 Å². The molecule has 1 aromatic rings. The highest BCUT2D eigenvalue weighted by Crippen LogP contribution is 2.34. The van der Waals surface area contributed by atoms with Crippen molar-refractivity contribution in [3.05, 3.63) is 34.9 Å². The molecular weight excluding hydrogens is 246 g/mol. The summed E-state index contributed by atoms with van der Waals surface area (Å²) in [5.74, 6) is 1.04. The average molecular weight is 264 g/mol. The minimum absolute atomic E-state index is 0.199. The van der Waals surface area contributed by atoms with Crippen molar-refractivity contribution in [1.82, 2.24) is 4.90 Å². The number of halogens is 1. The topological polar surface area (TPSA) is 20.3 Å². The molecule has 0 heterocycles. The number of rotatable bonds is 6. The molecule has 0 bridgehead atoms. The summed E-state index contributed by atoms with van der Waals surface area (Å²) in [4.78, 5) is 14.6. The highest BCUT2D eigenvalue weighted by atomic mass is 35.5. The summed E-state index contributed by atoms with van der Waals surface area (Å²) in [6.45, 7) is 1.67. The Balaban J connectivity index is 1.64. The molecule has 96 valence electrons. The zero-order valence-corrected chi connectivity index (χ0v) is 11.2. The van der Waals surface area contributed by atoms with Gasteiger partial charge in [-0.25, -0.2) is 0 Å². The average Bonchev–Trinajstić information content (AvgIpc) is 3.21. The van der Waals surface area contributed by atoms with E-state index < -0.39 is 0 Å². The molecule has 18 heavy (non-hydrogen) atoms. The number of carbonyl (C=O) groups is 1. The van der Waals surface area contributed by atoms with Crippen molar-refractivity contribution < 1.29 is 4.79 Å². The molecule has 0 saturated heterocycles. The molecule has 0 aromatic heterocycles. The van der Waals surface area contributed by atoms with Crippen LogP contribution in [-0.2, 0) is 0 Å². The number of benzene rings is 1. The SMILES string of the molecule is O=C(CN(CC1CC1)C1CC1)c1cccc(Cl)c1. The Kier molecular flexibility index (Phi) is 3.40. The van der Waals surface area contributed by atoms with Gasteiger partial charge in [-0.3, -0.25) is 9.69 Å². The lowest BCUT2D eigenvalue weighted by atomic mass is 10.1. The molecule has 2 aliphatic carbocycles. The molecule has 0 spiro atoms. The predicted octanol–water partition coefficient (Wildman–Crippen LogP) is 3.40. The number of carbonyl (C=O) groups excluding carboxylic acids is 1. The van der Waals surface area contributed by atoms with Crippen LogP contribution in [0.25, 0.3) is 0 Å². The summed E-state index contributed by atoms with van der Waals surface area (Å²) < 4.78 is 0. The second-order valence-corrected chi connectivity index (χ2v) is 5.97. The van der Waals surface area contributed by atoms with Crippen molar-refractivity contribution in [2.75, 3.05) is 13.1 Å². The monoisotopic (exact) mass is 263 g/mol. The first kappa shape index (κ1) is 12.2. The van der Waals surface area contributed by atoms with Crippen molar-refractivity contribution in [1.29, 1.82) is 0 Å². The third-order valence-electron chi connectivity index (χ3n) is 3.75. The van der Waals surface area contributed by atoms with Gasteiger partial charge in [-0.05, 0) is 43.7 Å². The molecule has 3 heteroatoms. The molecule has 2 saturated carbocycles. The number of hydrogen-bond donors (Lipinski definition) is 0. The lowest BCUT2D eigenvalue weighted by molar-refractivity contribution is 0.0921. The van der Waals surface area contributed by atoms with Gasteiger partial charge in [0, 0.05) is 23.2 Å². The maximum atomic E-state index is 12.2. The number of ketones is 1. The molecule has 2 nitrogen and oxygen atoms in total. The Bertz CT molecular complexity index is 452. The van der Waals surface area contributed by atoms with E-state index in [1.165, 1.54) is 25.7 Å². The van der Waals surface area contributed by atoms with Crippen molar-refractivity contribution in [3.8, 4) is 0 Å². The third-order valence-corrected chi connectivity index (χ3v) is 3.98. The molecular formula is C15H18ClNO. The Morgan fingerprint density at radius 2 is 2.06 bits per heavy atom. The largest absolute Gasteiger partial charge is 0.293 e. The van der Waals surface area contributed by atoms with Gasteiger partial charge in [0.15, 0.2) is 5.78 Å². The van der Waals surface area contributed by atoms with Crippen LogP contribution in [0.15, 0.2) is 24.3 Å². The standard InChI is InChI=1S/C15H18ClNO/c16-13-3-1-2-12(8-13)15(18)10-17(14-6-7-14)9-11-4-5-11/h1-3,8,11,14H,4-7,9-10H2. The fourth-order valence-corrected chi connectivity index (χ4v) is 2.54. The number of hydrogen-bond acceptors (Lipinski definition) is 2.